The molecule has 214 valence electrons. The van der Waals surface area contributed by atoms with Crippen LogP contribution >= 0.6 is 11.6 Å². The molecule has 41 heavy (non-hydrogen) atoms. The molecule has 0 spiro atoms. The Kier molecular flexibility index (Phi) is 9.30. The van der Waals surface area contributed by atoms with Gasteiger partial charge in [-0.3, -0.25) is 14.7 Å². The fourth-order valence-electron chi connectivity index (χ4n) is 4.36. The quantitative estimate of drug-likeness (QED) is 0.230. The Balaban J connectivity index is 1.57. The maximum Gasteiger partial charge on any atom is 0.337 e. The Morgan fingerprint density at radius 3 is 2.61 bits per heavy atom. The van der Waals surface area contributed by atoms with Gasteiger partial charge in [0.1, 0.15) is 5.75 Å². The summed E-state index contributed by atoms with van der Waals surface area (Å²) in [6.45, 7) is 1.62. The topological polar surface area (TPSA) is 156 Å². The second-order valence-corrected chi connectivity index (χ2v) is 9.85. The van der Waals surface area contributed by atoms with Crippen molar-refractivity contribution in [1.29, 1.82) is 0 Å². The molecule has 0 fully saturated rings. The molecule has 0 saturated heterocycles. The molecule has 11 nitrogen and oxygen atoms in total. The third-order valence-corrected chi connectivity index (χ3v) is 6.79. The number of carbonyl (C=O) groups excluding carboxylic acids is 2. The van der Waals surface area contributed by atoms with Crippen LogP contribution in [0.2, 0.25) is 5.02 Å². The third kappa shape index (κ3) is 7.25. The van der Waals surface area contributed by atoms with E-state index in [0.717, 1.165) is 4.90 Å². The van der Waals surface area contributed by atoms with Gasteiger partial charge in [0.2, 0.25) is 5.91 Å². The summed E-state index contributed by atoms with van der Waals surface area (Å²) < 4.78 is 5.45. The largest absolute Gasteiger partial charge is 0.496 e. The van der Waals surface area contributed by atoms with E-state index in [-0.39, 0.29) is 36.6 Å². The molecule has 3 amide bonds. The van der Waals surface area contributed by atoms with E-state index in [0.29, 0.717) is 27.6 Å². The van der Waals surface area contributed by atoms with E-state index in [1.54, 1.807) is 55.5 Å². The van der Waals surface area contributed by atoms with E-state index >= 15 is 0 Å². The maximum atomic E-state index is 13.8. The third-order valence-electron chi connectivity index (χ3n) is 6.56. The fraction of sp³-hybridized carbons (Fsp3) is 0.241. The number of para-hydroxylation sites is 1. The highest BCUT2D eigenvalue weighted by atomic mass is 35.5. The average molecular weight is 580 g/mol. The number of ether oxygens (including phenoxy) is 1. The first-order valence-electron chi connectivity index (χ1n) is 12.7. The number of methoxy groups -OCH3 is 1. The summed E-state index contributed by atoms with van der Waals surface area (Å²) in [5, 5.41) is 12.5. The van der Waals surface area contributed by atoms with Crippen molar-refractivity contribution >= 4 is 41.0 Å². The number of urea groups is 1. The molecule has 0 radical (unpaired) electrons. The standard InChI is InChI=1S/C29H30ClN5O6/c1-17(18-8-10-23(28(37)38)24(31)14-18)33-29(39)35-16-26(34-41-22-6-4-3-5-7-22)32-15-20(27(35)36)12-19-13-21(30)9-11-25(19)40-2/h3-11,13-14,17,20H,12,15-16,31H2,1-2H3,(H,32,34)(H,33,39)(H,37,38)/t17?,20-/m1/s1. The van der Waals surface area contributed by atoms with Crippen LogP contribution in [0.5, 0.6) is 11.5 Å². The number of aliphatic imine (C=N–C) groups is 1. The smallest absolute Gasteiger partial charge is 0.337 e. The van der Waals surface area contributed by atoms with Gasteiger partial charge in [0.15, 0.2) is 11.6 Å². The number of rotatable bonds is 8. The number of anilines is 1. The van der Waals surface area contributed by atoms with E-state index in [4.69, 9.17) is 26.9 Å². The van der Waals surface area contributed by atoms with Gasteiger partial charge in [-0.1, -0.05) is 35.9 Å². The molecular formula is C29H30ClN5O6. The van der Waals surface area contributed by atoms with Crippen molar-refractivity contribution in [2.24, 2.45) is 10.9 Å². The fourth-order valence-corrected chi connectivity index (χ4v) is 4.55. The number of amidine groups is 1. The normalized spacial score (nSPS) is 15.8. The molecule has 0 aliphatic carbocycles. The zero-order valence-corrected chi connectivity index (χ0v) is 23.2. The van der Waals surface area contributed by atoms with Crippen LogP contribution in [0.3, 0.4) is 0 Å². The van der Waals surface area contributed by atoms with Gasteiger partial charge in [-0.25, -0.2) is 15.1 Å². The number of aromatic carboxylic acids is 1. The van der Waals surface area contributed by atoms with Crippen molar-refractivity contribution in [3.05, 3.63) is 88.4 Å². The van der Waals surface area contributed by atoms with E-state index in [1.165, 1.54) is 19.2 Å². The van der Waals surface area contributed by atoms with Crippen molar-refractivity contribution in [3.8, 4) is 11.5 Å². The summed E-state index contributed by atoms with van der Waals surface area (Å²) in [7, 11) is 1.53. The zero-order valence-electron chi connectivity index (χ0n) is 22.5. The Labute approximate surface area is 241 Å². The van der Waals surface area contributed by atoms with Crippen molar-refractivity contribution < 1.29 is 29.1 Å². The molecule has 0 bridgehead atoms. The Morgan fingerprint density at radius 1 is 1.17 bits per heavy atom. The van der Waals surface area contributed by atoms with Gasteiger partial charge in [0.25, 0.3) is 0 Å². The number of halogens is 1. The minimum atomic E-state index is -1.15. The van der Waals surface area contributed by atoms with Gasteiger partial charge in [-0.05, 0) is 66.9 Å². The Bertz CT molecular complexity index is 1470. The number of nitrogens with zero attached hydrogens (tertiary/aromatic N) is 2. The molecule has 1 aliphatic heterocycles. The van der Waals surface area contributed by atoms with E-state index in [1.807, 2.05) is 6.07 Å². The molecule has 1 unspecified atom stereocenters. The summed E-state index contributed by atoms with van der Waals surface area (Å²) in [6, 6.07) is 17.2. The average Bonchev–Trinajstić information content (AvgIpc) is 3.11. The van der Waals surface area contributed by atoms with Crippen molar-refractivity contribution in [1.82, 2.24) is 15.7 Å². The van der Waals surface area contributed by atoms with Crippen LogP contribution in [-0.4, -0.2) is 53.9 Å². The van der Waals surface area contributed by atoms with Gasteiger partial charge in [0, 0.05) is 10.7 Å². The summed E-state index contributed by atoms with van der Waals surface area (Å²) in [4.78, 5) is 49.8. The number of hydrogen-bond acceptors (Lipinski definition) is 8. The molecule has 3 aromatic carbocycles. The number of nitrogens with one attached hydrogen (secondary N) is 2. The molecular weight excluding hydrogens is 550 g/mol. The first-order chi connectivity index (χ1) is 19.7. The minimum Gasteiger partial charge on any atom is -0.496 e. The first kappa shape index (κ1) is 29.2. The van der Waals surface area contributed by atoms with Gasteiger partial charge in [-0.2, -0.15) is 0 Å². The highest BCUT2D eigenvalue weighted by molar-refractivity contribution is 6.30. The van der Waals surface area contributed by atoms with Gasteiger partial charge in [-0.15, -0.1) is 0 Å². The first-order valence-corrected chi connectivity index (χ1v) is 13.1. The molecule has 2 atom stereocenters. The lowest BCUT2D eigenvalue weighted by atomic mass is 9.97. The summed E-state index contributed by atoms with van der Waals surface area (Å²) in [5.41, 5.74) is 9.95. The molecule has 5 N–H and O–H groups in total. The van der Waals surface area contributed by atoms with Crippen LogP contribution in [0.15, 0.2) is 71.7 Å². The number of carbonyl (C=O) groups is 3. The second kappa shape index (κ2) is 13.1. The zero-order chi connectivity index (χ0) is 29.5. The highest BCUT2D eigenvalue weighted by Gasteiger charge is 2.34. The number of hydroxylamine groups is 1. The van der Waals surface area contributed by atoms with E-state index < -0.39 is 29.9 Å². The second-order valence-electron chi connectivity index (χ2n) is 9.41. The lowest BCUT2D eigenvalue weighted by Crippen LogP contribution is -2.50. The molecule has 1 heterocycles. The molecule has 0 aromatic heterocycles. The van der Waals surface area contributed by atoms with E-state index in [9.17, 15) is 19.5 Å². The van der Waals surface area contributed by atoms with Crippen molar-refractivity contribution in [2.75, 3.05) is 25.9 Å². The van der Waals surface area contributed by atoms with Gasteiger partial charge < -0.3 is 25.7 Å². The minimum absolute atomic E-state index is 0.0420. The molecule has 4 rings (SSSR count). The van der Waals surface area contributed by atoms with E-state index in [2.05, 4.69) is 15.8 Å². The van der Waals surface area contributed by atoms with Crippen LogP contribution in [0.25, 0.3) is 0 Å². The maximum absolute atomic E-state index is 13.8. The van der Waals surface area contributed by atoms with Crippen LogP contribution in [0, 0.1) is 5.92 Å². The number of carboxylic acid groups (broad SMARTS) is 1. The molecule has 12 heteroatoms. The summed E-state index contributed by atoms with van der Waals surface area (Å²) in [5.74, 6) is -0.935. The number of benzene rings is 3. The highest BCUT2D eigenvalue weighted by Crippen LogP contribution is 2.27. The predicted molar refractivity (Wildman–Crippen MR) is 154 cm³/mol. The number of nitrogen functional groups attached to an aromatic ring is 1. The van der Waals surface area contributed by atoms with Gasteiger partial charge in [0.05, 0.1) is 37.7 Å². The van der Waals surface area contributed by atoms with Crippen molar-refractivity contribution in [2.45, 2.75) is 19.4 Å². The SMILES string of the molecule is COc1ccc(Cl)cc1C[C@@H]1CN=C(NOc2ccccc2)CN(C(=O)NC(C)c2ccc(C(=O)O)c(N)c2)C1=O. The number of nitrogens with two attached hydrogens (primary N) is 1. The molecule has 3 aromatic rings. The Morgan fingerprint density at radius 2 is 1.93 bits per heavy atom. The summed E-state index contributed by atoms with van der Waals surface area (Å²) >= 11 is 6.20. The summed E-state index contributed by atoms with van der Waals surface area (Å²) in [6.07, 6.45) is 0.228. The lowest BCUT2D eigenvalue weighted by Gasteiger charge is -2.26. The van der Waals surface area contributed by atoms with Gasteiger partial charge >= 0.3 is 12.0 Å². The van der Waals surface area contributed by atoms with Crippen LogP contribution in [0.4, 0.5) is 10.5 Å². The van der Waals surface area contributed by atoms with Crippen LogP contribution < -0.4 is 26.1 Å². The number of hydrogen-bond donors (Lipinski definition) is 4. The number of carboxylic acids is 1. The lowest BCUT2D eigenvalue weighted by molar-refractivity contribution is -0.131. The Hall–Kier alpha value is -4.77. The number of imide groups is 1. The molecule has 0 saturated carbocycles. The van der Waals surface area contributed by atoms with Crippen LogP contribution in [-0.2, 0) is 11.2 Å². The van der Waals surface area contributed by atoms with Crippen molar-refractivity contribution in [3.63, 3.8) is 0 Å². The monoisotopic (exact) mass is 579 g/mol. The predicted octanol–water partition coefficient (Wildman–Crippen LogP) is 4.08. The number of amides is 3. The molecule has 1 aliphatic rings. The van der Waals surface area contributed by atoms with Crippen LogP contribution in [0.1, 0.15) is 34.5 Å².